The second-order valence-corrected chi connectivity index (χ2v) is 20.0. The van der Waals surface area contributed by atoms with Crippen LogP contribution in [0.1, 0.15) is 277 Å². The average molecular weight is 983 g/mol. The van der Waals surface area contributed by atoms with E-state index < -0.39 is 12.1 Å². The maximum atomic E-state index is 12.5. The van der Waals surface area contributed by atoms with Gasteiger partial charge in [0.15, 0.2) is 0 Å². The van der Waals surface area contributed by atoms with Gasteiger partial charge < -0.3 is 15.5 Å². The Bertz CT molecular complexity index is 1390. The standard InChI is InChI=1S/C67H115NO3/c1-3-5-7-9-11-13-15-17-19-21-23-25-27-28-29-30-31-32-33-34-35-36-37-38-39-40-41-43-45-47-49-51-53-55-57-59-61-63-67(71)68-65(64-69)66(70)62-60-58-56-54-52-50-48-46-44-42-26-24-22-20-18-16-14-12-10-8-6-4-2/h5,7,11,13,17,19,23,25,28-29,31-32,34-35,37-38,52,54,60,62,65-66,69-70H,3-4,6,8-10,12,14-16,18,20-22,24,26-27,30,33,36,39-51,53,55-59,61,63-64H2,1-2H3,(H,68,71)/b7-5-,13-11-,19-17-,25-23-,29-28-,32-31-,35-34-,38-37-,54-52+,62-60+. The van der Waals surface area contributed by atoms with Crippen LogP contribution in [0, 0.1) is 0 Å². The number of hydrogen-bond donors (Lipinski definition) is 3. The number of amides is 1. The van der Waals surface area contributed by atoms with E-state index in [0.717, 1.165) is 83.5 Å². The molecule has 0 aliphatic rings. The van der Waals surface area contributed by atoms with Crippen LogP contribution in [-0.2, 0) is 4.79 Å². The molecule has 0 heterocycles. The molecular weight excluding hydrogens is 867 g/mol. The van der Waals surface area contributed by atoms with Crippen molar-refractivity contribution in [2.75, 3.05) is 6.61 Å². The Labute approximate surface area is 441 Å². The highest BCUT2D eigenvalue weighted by Gasteiger charge is 2.18. The van der Waals surface area contributed by atoms with Crippen molar-refractivity contribution in [2.24, 2.45) is 0 Å². The van der Waals surface area contributed by atoms with Gasteiger partial charge in [0.1, 0.15) is 0 Å². The molecule has 0 bridgehead atoms. The molecule has 71 heavy (non-hydrogen) atoms. The molecule has 0 fully saturated rings. The van der Waals surface area contributed by atoms with Gasteiger partial charge in [-0.15, -0.1) is 0 Å². The second-order valence-electron chi connectivity index (χ2n) is 20.0. The molecule has 0 aliphatic heterocycles. The molecule has 0 aromatic rings. The molecule has 4 heteroatoms. The Morgan fingerprint density at radius 3 is 0.986 bits per heavy atom. The van der Waals surface area contributed by atoms with Crippen LogP contribution in [0.25, 0.3) is 0 Å². The van der Waals surface area contributed by atoms with Gasteiger partial charge >= 0.3 is 0 Å². The van der Waals surface area contributed by atoms with E-state index in [9.17, 15) is 15.0 Å². The molecule has 406 valence electrons. The number of allylic oxidation sites excluding steroid dienone is 19. The number of unbranched alkanes of at least 4 members (excludes halogenated alkanes) is 29. The monoisotopic (exact) mass is 982 g/mol. The smallest absolute Gasteiger partial charge is 0.220 e. The number of rotatable bonds is 54. The van der Waals surface area contributed by atoms with Gasteiger partial charge in [-0.3, -0.25) is 4.79 Å². The third kappa shape index (κ3) is 57.6. The Balaban J connectivity index is 3.59. The van der Waals surface area contributed by atoms with Gasteiger partial charge in [0, 0.05) is 6.42 Å². The number of carbonyl (C=O) groups is 1. The highest BCUT2D eigenvalue weighted by molar-refractivity contribution is 5.76. The fourth-order valence-electron chi connectivity index (χ4n) is 8.62. The molecule has 4 nitrogen and oxygen atoms in total. The molecule has 2 atom stereocenters. The summed E-state index contributed by atoms with van der Waals surface area (Å²) in [5, 5.41) is 23.2. The van der Waals surface area contributed by atoms with Crippen molar-refractivity contribution >= 4 is 5.91 Å². The van der Waals surface area contributed by atoms with E-state index in [1.807, 2.05) is 6.08 Å². The summed E-state index contributed by atoms with van der Waals surface area (Å²) in [7, 11) is 0. The van der Waals surface area contributed by atoms with Gasteiger partial charge in [0.25, 0.3) is 0 Å². The van der Waals surface area contributed by atoms with Crippen LogP contribution in [-0.4, -0.2) is 34.9 Å². The summed E-state index contributed by atoms with van der Waals surface area (Å²) in [6.45, 7) is 4.19. The third-order valence-electron chi connectivity index (χ3n) is 13.2. The SMILES string of the molecule is CC/C=C\C/C=C\C/C=C\C/C=C\C/C=C\C/C=C\C/C=C\C/C=C\CCCCCCCCCCCCCCC(=O)NC(CO)C(O)/C=C/CC/C=C/CCCCCCCCCCCCCCCCCC. The number of hydrogen-bond acceptors (Lipinski definition) is 3. The summed E-state index contributed by atoms with van der Waals surface area (Å²) < 4.78 is 0. The van der Waals surface area contributed by atoms with Gasteiger partial charge in [-0.05, 0) is 96.3 Å². The van der Waals surface area contributed by atoms with Gasteiger partial charge in [-0.1, -0.05) is 296 Å². The fourth-order valence-corrected chi connectivity index (χ4v) is 8.62. The van der Waals surface area contributed by atoms with Crippen LogP contribution in [0.5, 0.6) is 0 Å². The Kier molecular flexibility index (Phi) is 58.3. The van der Waals surface area contributed by atoms with Gasteiger partial charge in [-0.25, -0.2) is 0 Å². The van der Waals surface area contributed by atoms with Crippen molar-refractivity contribution in [1.82, 2.24) is 5.32 Å². The first-order chi connectivity index (χ1) is 35.2. The van der Waals surface area contributed by atoms with Crippen molar-refractivity contribution in [3.8, 4) is 0 Å². The lowest BCUT2D eigenvalue weighted by Gasteiger charge is -2.19. The Hall–Kier alpha value is -3.21. The lowest BCUT2D eigenvalue weighted by atomic mass is 10.0. The van der Waals surface area contributed by atoms with Crippen LogP contribution in [0.4, 0.5) is 0 Å². The molecule has 2 unspecified atom stereocenters. The van der Waals surface area contributed by atoms with Gasteiger partial charge in [0.2, 0.25) is 5.91 Å². The molecule has 0 aliphatic carbocycles. The van der Waals surface area contributed by atoms with E-state index in [1.54, 1.807) is 6.08 Å². The number of aliphatic hydroxyl groups is 2. The number of carbonyl (C=O) groups excluding carboxylic acids is 1. The third-order valence-corrected chi connectivity index (χ3v) is 13.2. The summed E-state index contributed by atoms with van der Waals surface area (Å²) in [6.07, 6.45) is 93.7. The zero-order chi connectivity index (χ0) is 51.3. The second kappa shape index (κ2) is 61.1. The first-order valence-corrected chi connectivity index (χ1v) is 30.2. The van der Waals surface area contributed by atoms with E-state index in [0.29, 0.717) is 6.42 Å². The predicted octanol–water partition coefficient (Wildman–Crippen LogP) is 20.4. The van der Waals surface area contributed by atoms with Crippen molar-refractivity contribution in [1.29, 1.82) is 0 Å². The molecule has 0 aromatic heterocycles. The lowest BCUT2D eigenvalue weighted by molar-refractivity contribution is -0.123. The van der Waals surface area contributed by atoms with E-state index in [-0.39, 0.29) is 12.5 Å². The molecule has 0 aromatic carbocycles. The molecule has 0 spiro atoms. The molecule has 3 N–H and O–H groups in total. The van der Waals surface area contributed by atoms with E-state index in [1.165, 1.54) is 173 Å². The fraction of sp³-hybridized carbons (Fsp3) is 0.687. The Morgan fingerprint density at radius 1 is 0.352 bits per heavy atom. The summed E-state index contributed by atoms with van der Waals surface area (Å²) in [5.74, 6) is -0.0786. The first kappa shape index (κ1) is 67.8. The van der Waals surface area contributed by atoms with Crippen LogP contribution >= 0.6 is 0 Å². The van der Waals surface area contributed by atoms with Crippen molar-refractivity contribution in [3.63, 3.8) is 0 Å². The zero-order valence-corrected chi connectivity index (χ0v) is 46.7. The maximum Gasteiger partial charge on any atom is 0.220 e. The summed E-state index contributed by atoms with van der Waals surface area (Å²) >= 11 is 0. The van der Waals surface area contributed by atoms with Crippen LogP contribution in [0.2, 0.25) is 0 Å². The largest absolute Gasteiger partial charge is 0.394 e. The van der Waals surface area contributed by atoms with E-state index >= 15 is 0 Å². The normalized spacial score (nSPS) is 13.7. The van der Waals surface area contributed by atoms with Gasteiger partial charge in [0.05, 0.1) is 18.8 Å². The van der Waals surface area contributed by atoms with Crippen LogP contribution < -0.4 is 5.32 Å². The molecule has 1 amide bonds. The summed E-state index contributed by atoms with van der Waals surface area (Å²) in [4.78, 5) is 12.5. The first-order valence-electron chi connectivity index (χ1n) is 30.2. The van der Waals surface area contributed by atoms with Crippen molar-refractivity contribution in [2.45, 2.75) is 289 Å². The molecular formula is C67H115NO3. The summed E-state index contributed by atoms with van der Waals surface area (Å²) in [5.41, 5.74) is 0. The molecule has 0 saturated carbocycles. The average Bonchev–Trinajstić information content (AvgIpc) is 3.37. The number of nitrogens with one attached hydrogen (secondary N) is 1. The minimum atomic E-state index is -0.871. The quantitative estimate of drug-likeness (QED) is 0.0420. The van der Waals surface area contributed by atoms with Crippen molar-refractivity contribution < 1.29 is 15.0 Å². The lowest BCUT2D eigenvalue weighted by Crippen LogP contribution is -2.45. The maximum absolute atomic E-state index is 12.5. The van der Waals surface area contributed by atoms with E-state index in [2.05, 4.69) is 129 Å². The Morgan fingerprint density at radius 2 is 0.634 bits per heavy atom. The predicted molar refractivity (Wildman–Crippen MR) is 317 cm³/mol. The van der Waals surface area contributed by atoms with Crippen LogP contribution in [0.15, 0.2) is 122 Å². The highest BCUT2D eigenvalue weighted by Crippen LogP contribution is 2.16. The molecule has 0 saturated heterocycles. The minimum absolute atomic E-state index is 0.0786. The van der Waals surface area contributed by atoms with Gasteiger partial charge in [-0.2, -0.15) is 0 Å². The van der Waals surface area contributed by atoms with Crippen LogP contribution in [0.3, 0.4) is 0 Å². The number of aliphatic hydroxyl groups excluding tert-OH is 2. The topological polar surface area (TPSA) is 69.6 Å². The minimum Gasteiger partial charge on any atom is -0.394 e. The molecule has 0 rings (SSSR count). The highest BCUT2D eigenvalue weighted by atomic mass is 16.3. The van der Waals surface area contributed by atoms with E-state index in [4.69, 9.17) is 0 Å². The summed E-state index contributed by atoms with van der Waals surface area (Å²) in [6, 6.07) is -0.648. The van der Waals surface area contributed by atoms with Crippen molar-refractivity contribution in [3.05, 3.63) is 122 Å². The zero-order valence-electron chi connectivity index (χ0n) is 46.7. The molecule has 0 radical (unpaired) electrons.